The van der Waals surface area contributed by atoms with E-state index in [0.29, 0.717) is 0 Å². The van der Waals surface area contributed by atoms with E-state index in [4.69, 9.17) is 11.0 Å². The number of rotatable bonds is 6. The van der Waals surface area contributed by atoms with Gasteiger partial charge >= 0.3 is 5.97 Å². The van der Waals surface area contributed by atoms with Crippen molar-refractivity contribution in [2.45, 2.75) is 26.3 Å². The summed E-state index contributed by atoms with van der Waals surface area (Å²) in [6.07, 6.45) is 0.123. The summed E-state index contributed by atoms with van der Waals surface area (Å²) >= 11 is 0. The van der Waals surface area contributed by atoms with Crippen molar-refractivity contribution >= 4 is 17.8 Å². The molecular formula is C10H15N3O4. The number of primary amides is 1. The maximum absolute atomic E-state index is 11.3. The number of carbonyl (C=O) groups is 3. The van der Waals surface area contributed by atoms with Crippen LogP contribution in [0.4, 0.5) is 0 Å². The average Bonchev–Trinajstić information content (AvgIpc) is 2.25. The summed E-state index contributed by atoms with van der Waals surface area (Å²) in [6.45, 7) is 2.30. The highest BCUT2D eigenvalue weighted by molar-refractivity contribution is 5.87. The van der Waals surface area contributed by atoms with Gasteiger partial charge in [-0.1, -0.05) is 0 Å². The molecule has 0 aromatic carbocycles. The molecule has 0 saturated carbocycles. The Bertz CT molecular complexity index is 348. The van der Waals surface area contributed by atoms with Crippen molar-refractivity contribution < 1.29 is 19.1 Å². The molecule has 3 N–H and O–H groups in total. The summed E-state index contributed by atoms with van der Waals surface area (Å²) in [4.78, 5) is 32.7. The molecule has 0 aromatic rings. The molecule has 0 radical (unpaired) electrons. The van der Waals surface area contributed by atoms with Crippen molar-refractivity contribution in [1.29, 1.82) is 5.26 Å². The monoisotopic (exact) mass is 241 g/mol. The van der Waals surface area contributed by atoms with Gasteiger partial charge in [0.2, 0.25) is 5.91 Å². The van der Waals surface area contributed by atoms with Crippen LogP contribution in [0.3, 0.4) is 0 Å². The third kappa shape index (κ3) is 6.89. The van der Waals surface area contributed by atoms with Crippen LogP contribution in [-0.4, -0.2) is 30.4 Å². The summed E-state index contributed by atoms with van der Waals surface area (Å²) < 4.78 is 4.45. The molecule has 2 amide bonds. The standard InChI is InChI=1S/C10H15N3O4/c1-6(4-11)3-8(10(12)16)13-9(15)5-17-7(2)14/h6,8H,3,5H2,1-2H3,(H2,12,16)(H,13,15)/t6-,8+/m1/s1. The average molecular weight is 241 g/mol. The van der Waals surface area contributed by atoms with E-state index < -0.39 is 36.4 Å². The maximum Gasteiger partial charge on any atom is 0.303 e. The molecule has 7 nitrogen and oxygen atoms in total. The Labute approximate surface area is 98.9 Å². The number of hydrogen-bond acceptors (Lipinski definition) is 5. The Hall–Kier alpha value is -2.10. The second kappa shape index (κ2) is 7.22. The molecule has 0 bridgehead atoms. The molecule has 0 fully saturated rings. The minimum Gasteiger partial charge on any atom is -0.456 e. The first-order chi connectivity index (χ1) is 7.86. The summed E-state index contributed by atoms with van der Waals surface area (Å²) in [5.74, 6) is -2.37. The van der Waals surface area contributed by atoms with Crippen molar-refractivity contribution in [1.82, 2.24) is 5.32 Å². The first-order valence-corrected chi connectivity index (χ1v) is 4.98. The number of nitriles is 1. The van der Waals surface area contributed by atoms with E-state index in [0.717, 1.165) is 6.92 Å². The van der Waals surface area contributed by atoms with Gasteiger partial charge in [0, 0.05) is 12.8 Å². The van der Waals surface area contributed by atoms with E-state index in [9.17, 15) is 14.4 Å². The van der Waals surface area contributed by atoms with Crippen molar-refractivity contribution in [2.24, 2.45) is 11.7 Å². The van der Waals surface area contributed by atoms with Crippen molar-refractivity contribution in [3.05, 3.63) is 0 Å². The van der Waals surface area contributed by atoms with Gasteiger partial charge in [0.1, 0.15) is 6.04 Å². The molecule has 94 valence electrons. The van der Waals surface area contributed by atoms with E-state index >= 15 is 0 Å². The summed E-state index contributed by atoms with van der Waals surface area (Å²) in [6, 6.07) is 0.992. The fourth-order valence-corrected chi connectivity index (χ4v) is 1.06. The number of esters is 1. The molecule has 0 heterocycles. The second-order valence-electron chi connectivity index (χ2n) is 3.57. The van der Waals surface area contributed by atoms with Crippen LogP contribution in [0.15, 0.2) is 0 Å². The summed E-state index contributed by atoms with van der Waals surface area (Å²) in [5, 5.41) is 10.9. The Morgan fingerprint density at radius 1 is 1.47 bits per heavy atom. The zero-order valence-electron chi connectivity index (χ0n) is 9.73. The minimum absolute atomic E-state index is 0.123. The Balaban J connectivity index is 4.26. The first kappa shape index (κ1) is 14.9. The van der Waals surface area contributed by atoms with Gasteiger partial charge in [0.25, 0.3) is 5.91 Å². The van der Waals surface area contributed by atoms with Gasteiger partial charge in [-0.2, -0.15) is 5.26 Å². The highest BCUT2D eigenvalue weighted by Gasteiger charge is 2.20. The molecule has 0 aliphatic heterocycles. The predicted octanol–water partition coefficient (Wildman–Crippen LogP) is -0.931. The van der Waals surface area contributed by atoms with E-state index in [1.807, 2.05) is 6.07 Å². The Kier molecular flexibility index (Phi) is 6.33. The SMILES string of the molecule is CC(=O)OCC(=O)N[C@@H](C[C@@H](C)C#N)C(N)=O. The minimum atomic E-state index is -0.937. The fourth-order valence-electron chi connectivity index (χ4n) is 1.06. The lowest BCUT2D eigenvalue weighted by atomic mass is 10.0. The van der Waals surface area contributed by atoms with Gasteiger partial charge in [-0.3, -0.25) is 14.4 Å². The van der Waals surface area contributed by atoms with Gasteiger partial charge in [-0.05, 0) is 13.3 Å². The summed E-state index contributed by atoms with van der Waals surface area (Å²) in [5.41, 5.74) is 5.07. The molecule has 0 saturated heterocycles. The molecular weight excluding hydrogens is 226 g/mol. The van der Waals surface area contributed by atoms with Crippen molar-refractivity contribution in [3.8, 4) is 6.07 Å². The maximum atomic E-state index is 11.3. The lowest BCUT2D eigenvalue weighted by Gasteiger charge is -2.16. The third-order valence-corrected chi connectivity index (χ3v) is 1.89. The zero-order valence-corrected chi connectivity index (χ0v) is 9.73. The molecule has 0 aromatic heterocycles. The first-order valence-electron chi connectivity index (χ1n) is 4.98. The molecule has 0 unspecified atom stereocenters. The van der Waals surface area contributed by atoms with E-state index in [2.05, 4.69) is 10.1 Å². The Morgan fingerprint density at radius 3 is 2.47 bits per heavy atom. The normalized spacial score (nSPS) is 13.0. The van der Waals surface area contributed by atoms with Crippen LogP contribution in [0, 0.1) is 17.2 Å². The quantitative estimate of drug-likeness (QED) is 0.581. The number of ether oxygens (including phenoxy) is 1. The number of nitrogens with two attached hydrogens (primary N) is 1. The highest BCUT2D eigenvalue weighted by Crippen LogP contribution is 2.04. The largest absolute Gasteiger partial charge is 0.456 e. The molecule has 17 heavy (non-hydrogen) atoms. The lowest BCUT2D eigenvalue weighted by molar-refractivity contribution is -0.146. The van der Waals surface area contributed by atoms with Crippen LogP contribution in [0.1, 0.15) is 20.3 Å². The van der Waals surface area contributed by atoms with E-state index in [-0.39, 0.29) is 6.42 Å². The lowest BCUT2D eigenvalue weighted by Crippen LogP contribution is -2.46. The topological polar surface area (TPSA) is 122 Å². The number of amides is 2. The molecule has 0 aliphatic rings. The van der Waals surface area contributed by atoms with Crippen LogP contribution in [0.2, 0.25) is 0 Å². The molecule has 7 heteroatoms. The van der Waals surface area contributed by atoms with Crippen LogP contribution < -0.4 is 11.1 Å². The highest BCUT2D eigenvalue weighted by atomic mass is 16.5. The number of carbonyl (C=O) groups excluding carboxylic acids is 3. The fraction of sp³-hybridized carbons (Fsp3) is 0.600. The van der Waals surface area contributed by atoms with Crippen LogP contribution >= 0.6 is 0 Å². The zero-order chi connectivity index (χ0) is 13.4. The van der Waals surface area contributed by atoms with Gasteiger partial charge in [0.15, 0.2) is 6.61 Å². The van der Waals surface area contributed by atoms with E-state index in [1.54, 1.807) is 6.92 Å². The Morgan fingerprint density at radius 2 is 2.06 bits per heavy atom. The molecule has 0 spiro atoms. The summed E-state index contributed by atoms with van der Waals surface area (Å²) in [7, 11) is 0. The van der Waals surface area contributed by atoms with Crippen LogP contribution in [0.25, 0.3) is 0 Å². The molecule has 2 atom stereocenters. The number of nitrogens with zero attached hydrogens (tertiary/aromatic N) is 1. The van der Waals surface area contributed by atoms with Gasteiger partial charge in [-0.15, -0.1) is 0 Å². The van der Waals surface area contributed by atoms with Gasteiger partial charge in [0.05, 0.1) is 6.07 Å². The van der Waals surface area contributed by atoms with Gasteiger partial charge in [-0.25, -0.2) is 0 Å². The second-order valence-corrected chi connectivity index (χ2v) is 3.57. The van der Waals surface area contributed by atoms with Crippen LogP contribution in [-0.2, 0) is 19.1 Å². The third-order valence-electron chi connectivity index (χ3n) is 1.89. The van der Waals surface area contributed by atoms with Crippen molar-refractivity contribution in [3.63, 3.8) is 0 Å². The van der Waals surface area contributed by atoms with Crippen LogP contribution in [0.5, 0.6) is 0 Å². The molecule has 0 rings (SSSR count). The number of nitrogens with one attached hydrogen (secondary N) is 1. The van der Waals surface area contributed by atoms with E-state index in [1.165, 1.54) is 0 Å². The predicted molar refractivity (Wildman–Crippen MR) is 57.2 cm³/mol. The molecule has 0 aliphatic carbocycles. The van der Waals surface area contributed by atoms with Crippen molar-refractivity contribution in [2.75, 3.05) is 6.61 Å². The number of hydrogen-bond donors (Lipinski definition) is 2. The smallest absolute Gasteiger partial charge is 0.303 e. The van der Waals surface area contributed by atoms with Gasteiger partial charge < -0.3 is 15.8 Å².